The summed E-state index contributed by atoms with van der Waals surface area (Å²) in [7, 11) is 0. The summed E-state index contributed by atoms with van der Waals surface area (Å²) >= 11 is 5.93. The average molecular weight is 232 g/mol. The van der Waals surface area contributed by atoms with E-state index >= 15 is 0 Å². The van der Waals surface area contributed by atoms with Crippen molar-refractivity contribution in [3.63, 3.8) is 0 Å². The Kier molecular flexibility index (Phi) is 2.33. The van der Waals surface area contributed by atoms with Crippen molar-refractivity contribution in [2.24, 2.45) is 0 Å². The molecule has 0 saturated heterocycles. The molecular formula is C12H10ClN3. The summed E-state index contributed by atoms with van der Waals surface area (Å²) < 4.78 is 0. The van der Waals surface area contributed by atoms with Crippen LogP contribution in [0.4, 0.5) is 0 Å². The highest BCUT2D eigenvalue weighted by atomic mass is 35.5. The van der Waals surface area contributed by atoms with E-state index in [1.165, 1.54) is 12.8 Å². The molecule has 2 aromatic rings. The molecule has 1 aliphatic carbocycles. The molecule has 1 aliphatic rings. The minimum atomic E-state index is 0.322. The van der Waals surface area contributed by atoms with Crippen molar-refractivity contribution in [3.8, 4) is 11.3 Å². The summed E-state index contributed by atoms with van der Waals surface area (Å²) in [5.74, 6) is 0.580. The maximum absolute atomic E-state index is 5.93. The van der Waals surface area contributed by atoms with Gasteiger partial charge in [-0.2, -0.15) is 0 Å². The number of rotatable bonds is 2. The number of aromatic nitrogens is 3. The van der Waals surface area contributed by atoms with Crippen molar-refractivity contribution in [3.05, 3.63) is 41.6 Å². The Labute approximate surface area is 98.5 Å². The van der Waals surface area contributed by atoms with Crippen LogP contribution in [0.1, 0.15) is 24.5 Å². The van der Waals surface area contributed by atoms with E-state index < -0.39 is 0 Å². The van der Waals surface area contributed by atoms with Crippen molar-refractivity contribution in [1.29, 1.82) is 0 Å². The van der Waals surface area contributed by atoms with Crippen molar-refractivity contribution >= 4 is 11.6 Å². The highest BCUT2D eigenvalue weighted by Crippen LogP contribution is 2.40. The minimum absolute atomic E-state index is 0.322. The van der Waals surface area contributed by atoms with E-state index in [9.17, 15) is 0 Å². The minimum Gasteiger partial charge on any atom is -0.264 e. The SMILES string of the molecule is Clc1nc(-c2cccnc2)cc(C2CC2)n1. The van der Waals surface area contributed by atoms with Gasteiger partial charge >= 0.3 is 0 Å². The first-order valence-electron chi connectivity index (χ1n) is 5.28. The van der Waals surface area contributed by atoms with Crippen molar-refractivity contribution < 1.29 is 0 Å². The summed E-state index contributed by atoms with van der Waals surface area (Å²) in [6.07, 6.45) is 5.95. The predicted molar refractivity (Wildman–Crippen MR) is 62.2 cm³/mol. The Morgan fingerprint density at radius 2 is 2.12 bits per heavy atom. The largest absolute Gasteiger partial charge is 0.264 e. The number of nitrogens with zero attached hydrogens (tertiary/aromatic N) is 3. The lowest BCUT2D eigenvalue weighted by Crippen LogP contribution is -1.93. The molecule has 2 heterocycles. The van der Waals surface area contributed by atoms with Gasteiger partial charge in [-0.1, -0.05) is 0 Å². The lowest BCUT2D eigenvalue weighted by atomic mass is 10.1. The Morgan fingerprint density at radius 1 is 1.25 bits per heavy atom. The number of hydrogen-bond donors (Lipinski definition) is 0. The molecule has 0 radical (unpaired) electrons. The molecule has 0 aliphatic heterocycles. The molecule has 3 rings (SSSR count). The van der Waals surface area contributed by atoms with E-state index in [0.717, 1.165) is 17.0 Å². The second-order valence-corrected chi connectivity index (χ2v) is 4.30. The van der Waals surface area contributed by atoms with E-state index in [0.29, 0.717) is 11.2 Å². The third kappa shape index (κ3) is 1.91. The third-order valence-corrected chi connectivity index (χ3v) is 2.84. The molecular weight excluding hydrogens is 222 g/mol. The maximum Gasteiger partial charge on any atom is 0.223 e. The highest BCUT2D eigenvalue weighted by Gasteiger charge is 2.26. The van der Waals surface area contributed by atoms with Gasteiger partial charge in [0.25, 0.3) is 0 Å². The molecule has 16 heavy (non-hydrogen) atoms. The first kappa shape index (κ1) is 9.73. The van der Waals surface area contributed by atoms with Crippen LogP contribution in [-0.4, -0.2) is 15.0 Å². The van der Waals surface area contributed by atoms with Crippen molar-refractivity contribution in [2.75, 3.05) is 0 Å². The van der Waals surface area contributed by atoms with Gasteiger partial charge in [-0.15, -0.1) is 0 Å². The van der Waals surface area contributed by atoms with Gasteiger partial charge in [-0.3, -0.25) is 4.98 Å². The predicted octanol–water partition coefficient (Wildman–Crippen LogP) is 3.07. The first-order chi connectivity index (χ1) is 7.83. The molecule has 0 unspecified atom stereocenters. The first-order valence-corrected chi connectivity index (χ1v) is 5.65. The second kappa shape index (κ2) is 3.83. The Balaban J connectivity index is 2.06. The molecule has 0 atom stereocenters. The average Bonchev–Trinajstić information content (AvgIpc) is 3.13. The van der Waals surface area contributed by atoms with Crippen molar-refractivity contribution in [2.45, 2.75) is 18.8 Å². The fourth-order valence-corrected chi connectivity index (χ4v) is 1.87. The molecule has 0 aromatic carbocycles. The smallest absolute Gasteiger partial charge is 0.223 e. The molecule has 2 aromatic heterocycles. The molecule has 0 N–H and O–H groups in total. The van der Waals surface area contributed by atoms with Crippen LogP contribution < -0.4 is 0 Å². The van der Waals surface area contributed by atoms with Crippen LogP contribution in [0.2, 0.25) is 5.28 Å². The highest BCUT2D eigenvalue weighted by molar-refractivity contribution is 6.28. The second-order valence-electron chi connectivity index (χ2n) is 3.96. The molecule has 3 nitrogen and oxygen atoms in total. The van der Waals surface area contributed by atoms with Crippen LogP contribution in [0.25, 0.3) is 11.3 Å². The molecule has 80 valence electrons. The van der Waals surface area contributed by atoms with Crippen LogP contribution in [-0.2, 0) is 0 Å². The van der Waals surface area contributed by atoms with E-state index in [2.05, 4.69) is 15.0 Å². The van der Waals surface area contributed by atoms with Crippen LogP contribution in [0, 0.1) is 0 Å². The number of halogens is 1. The molecule has 0 amide bonds. The summed E-state index contributed by atoms with van der Waals surface area (Å²) in [6, 6.07) is 5.88. The van der Waals surface area contributed by atoms with E-state index in [4.69, 9.17) is 11.6 Å². The normalized spacial score (nSPS) is 15.1. The fourth-order valence-electron chi connectivity index (χ4n) is 1.69. The zero-order chi connectivity index (χ0) is 11.0. The van der Waals surface area contributed by atoms with Gasteiger partial charge in [0.05, 0.1) is 5.69 Å². The van der Waals surface area contributed by atoms with Crippen LogP contribution in [0.15, 0.2) is 30.6 Å². The molecule has 1 saturated carbocycles. The van der Waals surface area contributed by atoms with E-state index in [-0.39, 0.29) is 0 Å². The Bertz CT molecular complexity index is 509. The summed E-state index contributed by atoms with van der Waals surface area (Å²) in [6.45, 7) is 0. The van der Waals surface area contributed by atoms with Gasteiger partial charge < -0.3 is 0 Å². The fraction of sp³-hybridized carbons (Fsp3) is 0.250. The Morgan fingerprint density at radius 3 is 2.81 bits per heavy atom. The van der Waals surface area contributed by atoms with E-state index in [1.54, 1.807) is 12.4 Å². The summed E-state index contributed by atoms with van der Waals surface area (Å²) in [5.41, 5.74) is 2.89. The summed E-state index contributed by atoms with van der Waals surface area (Å²) in [4.78, 5) is 12.6. The van der Waals surface area contributed by atoms with Gasteiger partial charge in [-0.25, -0.2) is 9.97 Å². The zero-order valence-electron chi connectivity index (χ0n) is 8.60. The molecule has 0 spiro atoms. The van der Waals surface area contributed by atoms with Gasteiger partial charge in [0.15, 0.2) is 0 Å². The van der Waals surface area contributed by atoms with Crippen LogP contribution in [0.5, 0.6) is 0 Å². The molecule has 0 bridgehead atoms. The lowest BCUT2D eigenvalue weighted by Gasteiger charge is -2.03. The van der Waals surface area contributed by atoms with Gasteiger partial charge in [-0.05, 0) is 42.6 Å². The Hall–Kier alpha value is -1.48. The number of pyridine rings is 1. The zero-order valence-corrected chi connectivity index (χ0v) is 9.35. The van der Waals surface area contributed by atoms with Gasteiger partial charge in [0.2, 0.25) is 5.28 Å². The van der Waals surface area contributed by atoms with E-state index in [1.807, 2.05) is 18.2 Å². The topological polar surface area (TPSA) is 38.7 Å². The summed E-state index contributed by atoms with van der Waals surface area (Å²) in [5, 5.41) is 0.322. The molecule has 4 heteroatoms. The quantitative estimate of drug-likeness (QED) is 0.746. The van der Waals surface area contributed by atoms with Crippen molar-refractivity contribution in [1.82, 2.24) is 15.0 Å². The third-order valence-electron chi connectivity index (χ3n) is 2.67. The number of hydrogen-bond acceptors (Lipinski definition) is 3. The van der Waals surface area contributed by atoms with Crippen LogP contribution in [0.3, 0.4) is 0 Å². The van der Waals surface area contributed by atoms with Gasteiger partial charge in [0.1, 0.15) is 0 Å². The van der Waals surface area contributed by atoms with Gasteiger partial charge in [0, 0.05) is 29.6 Å². The van der Waals surface area contributed by atoms with Crippen LogP contribution >= 0.6 is 11.6 Å². The monoisotopic (exact) mass is 231 g/mol. The molecule has 1 fully saturated rings. The lowest BCUT2D eigenvalue weighted by molar-refractivity contribution is 0.990. The standard InChI is InChI=1S/C12H10ClN3/c13-12-15-10(8-3-4-8)6-11(16-12)9-2-1-5-14-7-9/h1-2,5-8H,3-4H2. The maximum atomic E-state index is 5.93.